The van der Waals surface area contributed by atoms with Gasteiger partial charge in [-0.3, -0.25) is 4.79 Å². The highest BCUT2D eigenvalue weighted by Gasteiger charge is 2.05. The van der Waals surface area contributed by atoms with Crippen molar-refractivity contribution in [3.05, 3.63) is 23.8 Å². The van der Waals surface area contributed by atoms with E-state index in [4.69, 9.17) is 10.5 Å². The Morgan fingerprint density at radius 1 is 1.30 bits per heavy atom. The first-order valence-corrected chi connectivity index (χ1v) is 7.12. The Morgan fingerprint density at radius 2 is 2.05 bits per heavy atom. The summed E-state index contributed by atoms with van der Waals surface area (Å²) in [5.74, 6) is -0.132. The van der Waals surface area contributed by atoms with Gasteiger partial charge in [-0.2, -0.15) is 0 Å². The van der Waals surface area contributed by atoms with Crippen LogP contribution in [0.1, 0.15) is 36.5 Å². The van der Waals surface area contributed by atoms with Gasteiger partial charge in [0.2, 0.25) is 0 Å². The number of benzene rings is 1. The van der Waals surface area contributed by atoms with Gasteiger partial charge in [-0.1, -0.05) is 13.3 Å². The Balaban J connectivity index is 2.32. The number of rotatable bonds is 9. The van der Waals surface area contributed by atoms with Crippen LogP contribution in [0.4, 0.5) is 11.4 Å². The maximum Gasteiger partial charge on any atom is 0.251 e. The molecule has 0 aliphatic carbocycles. The zero-order valence-electron chi connectivity index (χ0n) is 12.4. The molecule has 5 nitrogen and oxygen atoms in total. The molecule has 4 N–H and O–H groups in total. The first-order chi connectivity index (χ1) is 9.69. The van der Waals surface area contributed by atoms with E-state index in [1.165, 1.54) is 0 Å². The molecule has 0 aliphatic rings. The van der Waals surface area contributed by atoms with Gasteiger partial charge in [0.15, 0.2) is 0 Å². The number of hydrogen-bond acceptors (Lipinski definition) is 4. The predicted octanol–water partition coefficient (Wildman–Crippen LogP) is 2.25. The minimum atomic E-state index is -0.132. The minimum Gasteiger partial charge on any atom is -0.397 e. The molecular weight excluding hydrogens is 254 g/mol. The third kappa shape index (κ3) is 5.48. The van der Waals surface area contributed by atoms with Crippen molar-refractivity contribution < 1.29 is 9.53 Å². The van der Waals surface area contributed by atoms with E-state index in [9.17, 15) is 4.79 Å². The van der Waals surface area contributed by atoms with Crippen LogP contribution in [0.2, 0.25) is 0 Å². The number of ether oxygens (including phenoxy) is 1. The minimum absolute atomic E-state index is 0.132. The number of nitrogens with two attached hydrogens (primary N) is 1. The molecule has 20 heavy (non-hydrogen) atoms. The molecule has 0 aliphatic heterocycles. The second-order valence-corrected chi connectivity index (χ2v) is 4.63. The largest absolute Gasteiger partial charge is 0.397 e. The topological polar surface area (TPSA) is 76.4 Å². The van der Waals surface area contributed by atoms with Crippen molar-refractivity contribution in [3.63, 3.8) is 0 Å². The summed E-state index contributed by atoms with van der Waals surface area (Å²) in [6.07, 6.45) is 3.20. The zero-order chi connectivity index (χ0) is 14.8. The van der Waals surface area contributed by atoms with Crippen LogP contribution in [0.15, 0.2) is 18.2 Å². The number of nitrogens with one attached hydrogen (secondary N) is 2. The van der Waals surface area contributed by atoms with Crippen LogP contribution in [0.5, 0.6) is 0 Å². The van der Waals surface area contributed by atoms with Gasteiger partial charge in [0.05, 0.1) is 11.4 Å². The molecule has 0 saturated heterocycles. The molecule has 0 atom stereocenters. The number of amides is 1. The molecule has 0 bridgehead atoms. The van der Waals surface area contributed by atoms with E-state index in [1.807, 2.05) is 6.07 Å². The molecule has 0 aromatic heterocycles. The summed E-state index contributed by atoms with van der Waals surface area (Å²) >= 11 is 0. The van der Waals surface area contributed by atoms with Crippen LogP contribution in [0, 0.1) is 0 Å². The third-order valence-corrected chi connectivity index (χ3v) is 2.96. The van der Waals surface area contributed by atoms with Crippen LogP contribution < -0.4 is 16.4 Å². The molecule has 0 unspecified atom stereocenters. The lowest BCUT2D eigenvalue weighted by molar-refractivity contribution is 0.0963. The Kier molecular flexibility index (Phi) is 7.50. The Bertz CT molecular complexity index is 422. The second kappa shape index (κ2) is 9.20. The molecule has 1 aromatic rings. The molecule has 5 heteroatoms. The third-order valence-electron chi connectivity index (χ3n) is 2.96. The number of hydrogen-bond donors (Lipinski definition) is 3. The van der Waals surface area contributed by atoms with Crippen molar-refractivity contribution in [2.24, 2.45) is 0 Å². The van der Waals surface area contributed by atoms with Gasteiger partial charge < -0.3 is 21.1 Å². The van der Waals surface area contributed by atoms with Crippen LogP contribution in [0.3, 0.4) is 0 Å². The normalized spacial score (nSPS) is 10.3. The zero-order valence-corrected chi connectivity index (χ0v) is 12.4. The maximum absolute atomic E-state index is 11.5. The number of nitrogen functional groups attached to an aromatic ring is 1. The van der Waals surface area contributed by atoms with Crippen LogP contribution >= 0.6 is 0 Å². The molecule has 1 amide bonds. The molecule has 0 saturated carbocycles. The monoisotopic (exact) mass is 279 g/mol. The summed E-state index contributed by atoms with van der Waals surface area (Å²) < 4.78 is 5.48. The fourth-order valence-corrected chi connectivity index (χ4v) is 1.76. The molecule has 0 fully saturated rings. The molecule has 1 aromatic carbocycles. The van der Waals surface area contributed by atoms with E-state index >= 15 is 0 Å². The average molecular weight is 279 g/mol. The van der Waals surface area contributed by atoms with Gasteiger partial charge in [0, 0.05) is 32.4 Å². The number of carbonyl (C=O) groups is 1. The SMILES string of the molecule is CCCCOCCCNc1ccc(C(=O)NC)cc1N. The fraction of sp³-hybridized carbons (Fsp3) is 0.533. The second-order valence-electron chi connectivity index (χ2n) is 4.63. The smallest absolute Gasteiger partial charge is 0.251 e. The summed E-state index contributed by atoms with van der Waals surface area (Å²) in [7, 11) is 1.60. The Labute approximate surface area is 120 Å². The van der Waals surface area contributed by atoms with Gasteiger partial charge in [-0.15, -0.1) is 0 Å². The van der Waals surface area contributed by atoms with Gasteiger partial charge in [0.25, 0.3) is 5.91 Å². The van der Waals surface area contributed by atoms with E-state index in [1.54, 1.807) is 19.2 Å². The van der Waals surface area contributed by atoms with Crippen molar-refractivity contribution in [2.45, 2.75) is 26.2 Å². The highest BCUT2D eigenvalue weighted by atomic mass is 16.5. The highest BCUT2D eigenvalue weighted by Crippen LogP contribution is 2.19. The fourth-order valence-electron chi connectivity index (χ4n) is 1.76. The predicted molar refractivity (Wildman–Crippen MR) is 83.1 cm³/mol. The standard InChI is InChI=1S/C15H25N3O2/c1-3-4-9-20-10-5-8-18-14-7-6-12(11-13(14)16)15(19)17-2/h6-7,11,18H,3-5,8-10,16H2,1-2H3,(H,17,19). The summed E-state index contributed by atoms with van der Waals surface area (Å²) in [5, 5.41) is 5.82. The van der Waals surface area contributed by atoms with E-state index in [2.05, 4.69) is 17.6 Å². The number of carbonyl (C=O) groups excluding carboxylic acids is 1. The molecule has 112 valence electrons. The van der Waals surface area contributed by atoms with Gasteiger partial charge in [-0.05, 0) is 31.0 Å². The first kappa shape index (κ1) is 16.3. The number of unbranched alkanes of at least 4 members (excludes halogenated alkanes) is 1. The van der Waals surface area contributed by atoms with Crippen molar-refractivity contribution in [1.29, 1.82) is 0 Å². The van der Waals surface area contributed by atoms with Crippen LogP contribution in [0.25, 0.3) is 0 Å². The highest BCUT2D eigenvalue weighted by molar-refractivity contribution is 5.95. The van der Waals surface area contributed by atoms with Crippen molar-refractivity contribution in [3.8, 4) is 0 Å². The summed E-state index contributed by atoms with van der Waals surface area (Å²) in [4.78, 5) is 11.5. The van der Waals surface area contributed by atoms with Crippen LogP contribution in [-0.4, -0.2) is 32.7 Å². The molecule has 0 spiro atoms. The number of anilines is 2. The van der Waals surface area contributed by atoms with E-state index in [0.29, 0.717) is 11.3 Å². The average Bonchev–Trinajstić information content (AvgIpc) is 2.46. The van der Waals surface area contributed by atoms with Crippen molar-refractivity contribution in [2.75, 3.05) is 37.9 Å². The Hall–Kier alpha value is -1.75. The van der Waals surface area contributed by atoms with Crippen molar-refractivity contribution >= 4 is 17.3 Å². The van der Waals surface area contributed by atoms with E-state index in [-0.39, 0.29) is 5.91 Å². The van der Waals surface area contributed by atoms with Gasteiger partial charge >= 0.3 is 0 Å². The van der Waals surface area contributed by atoms with Crippen molar-refractivity contribution in [1.82, 2.24) is 5.32 Å². The lowest BCUT2D eigenvalue weighted by Crippen LogP contribution is -2.18. The van der Waals surface area contributed by atoms with Gasteiger partial charge in [0.1, 0.15) is 0 Å². The molecular formula is C15H25N3O2. The van der Waals surface area contributed by atoms with Gasteiger partial charge in [-0.25, -0.2) is 0 Å². The summed E-state index contributed by atoms with van der Waals surface area (Å²) in [6.45, 7) is 4.54. The maximum atomic E-state index is 11.5. The first-order valence-electron chi connectivity index (χ1n) is 7.12. The summed E-state index contributed by atoms with van der Waals surface area (Å²) in [5.41, 5.74) is 7.92. The summed E-state index contributed by atoms with van der Waals surface area (Å²) in [6, 6.07) is 5.27. The van der Waals surface area contributed by atoms with E-state index in [0.717, 1.165) is 44.7 Å². The van der Waals surface area contributed by atoms with Crippen LogP contribution in [-0.2, 0) is 4.74 Å². The Morgan fingerprint density at radius 3 is 2.70 bits per heavy atom. The molecule has 0 radical (unpaired) electrons. The molecule has 0 heterocycles. The lowest BCUT2D eigenvalue weighted by Gasteiger charge is -2.10. The lowest BCUT2D eigenvalue weighted by atomic mass is 10.1. The van der Waals surface area contributed by atoms with E-state index < -0.39 is 0 Å². The quantitative estimate of drug-likeness (QED) is 0.478. The molecule has 1 rings (SSSR count).